The lowest BCUT2D eigenvalue weighted by Gasteiger charge is -2.33. The van der Waals surface area contributed by atoms with Crippen molar-refractivity contribution in [1.82, 2.24) is 0 Å². The molecular formula is C21H18O13. The number of hydrogen-bond donors (Lipinski definition) is 8. The Kier molecular flexibility index (Phi) is 6.40. The molecular weight excluding hydrogens is 460 g/mol. The molecule has 0 radical (unpaired) electrons. The maximum Gasteiger partial charge on any atom is 0.338 e. The first kappa shape index (κ1) is 24.0. The van der Waals surface area contributed by atoms with Gasteiger partial charge in [0.05, 0.1) is 11.1 Å². The number of phenols is 6. The molecule has 8 N–H and O–H groups in total. The molecule has 13 nitrogen and oxygen atoms in total. The third kappa shape index (κ3) is 4.73. The smallest absolute Gasteiger partial charge is 0.338 e. The summed E-state index contributed by atoms with van der Waals surface area (Å²) in [5, 5.41) is 76.7. The van der Waals surface area contributed by atoms with Gasteiger partial charge in [-0.3, -0.25) is 0 Å². The highest BCUT2D eigenvalue weighted by atomic mass is 16.6. The molecule has 1 aliphatic carbocycles. The number of ether oxygens (including phenoxy) is 2. The van der Waals surface area contributed by atoms with Crippen LogP contribution in [0.15, 0.2) is 35.9 Å². The fourth-order valence-corrected chi connectivity index (χ4v) is 3.18. The minimum atomic E-state index is -1.76. The number of carboxylic acids is 1. The standard InChI is InChI=1S/C21H18O13/c22-10-2-8(3-11(23)16(10)27)20(31)33-15-6-7(19(29)30)1-14(26)18(15)34-21(32)9-4-12(24)17(28)13(25)5-9/h1-5,14-15,18,22-28H,6H2,(H,29,30). The molecule has 0 bridgehead atoms. The van der Waals surface area contributed by atoms with E-state index in [1.807, 2.05) is 0 Å². The van der Waals surface area contributed by atoms with Crippen LogP contribution in [0.2, 0.25) is 0 Å². The number of hydrogen-bond acceptors (Lipinski definition) is 12. The molecule has 0 spiro atoms. The van der Waals surface area contributed by atoms with Gasteiger partial charge in [-0.05, 0) is 30.3 Å². The lowest BCUT2D eigenvalue weighted by atomic mass is 9.91. The fraction of sp³-hybridized carbons (Fsp3) is 0.190. The quantitative estimate of drug-likeness (QED) is 0.216. The highest BCUT2D eigenvalue weighted by Gasteiger charge is 2.40. The number of aliphatic hydroxyl groups excluding tert-OH is 1. The van der Waals surface area contributed by atoms with E-state index < -0.39 is 88.3 Å². The van der Waals surface area contributed by atoms with Crippen molar-refractivity contribution in [2.24, 2.45) is 0 Å². The number of carbonyl (C=O) groups excluding carboxylic acids is 2. The molecule has 0 heterocycles. The van der Waals surface area contributed by atoms with E-state index >= 15 is 0 Å². The molecule has 13 heteroatoms. The second kappa shape index (κ2) is 9.07. The molecule has 0 amide bonds. The third-order valence-electron chi connectivity index (χ3n) is 4.88. The number of carbonyl (C=O) groups is 3. The number of esters is 2. The largest absolute Gasteiger partial charge is 0.504 e. The SMILES string of the molecule is O=C(O)C1=CC(O)C(OC(=O)c2cc(O)c(O)c(O)c2)C(OC(=O)c2cc(O)c(O)c(O)c2)C1. The number of aliphatic hydroxyl groups is 1. The second-order valence-corrected chi connectivity index (χ2v) is 7.23. The van der Waals surface area contributed by atoms with Crippen molar-refractivity contribution in [3.8, 4) is 34.5 Å². The van der Waals surface area contributed by atoms with Crippen LogP contribution in [0.4, 0.5) is 0 Å². The van der Waals surface area contributed by atoms with Gasteiger partial charge in [0.25, 0.3) is 0 Å². The van der Waals surface area contributed by atoms with Crippen molar-refractivity contribution in [2.45, 2.75) is 24.7 Å². The summed E-state index contributed by atoms with van der Waals surface area (Å²) in [5.74, 6) is -9.09. The highest BCUT2D eigenvalue weighted by molar-refractivity contribution is 5.93. The van der Waals surface area contributed by atoms with Gasteiger partial charge in [0, 0.05) is 12.0 Å². The average Bonchev–Trinajstić information content (AvgIpc) is 2.76. The summed E-state index contributed by atoms with van der Waals surface area (Å²) in [6.07, 6.45) is -4.63. The molecule has 0 fully saturated rings. The number of benzene rings is 2. The second-order valence-electron chi connectivity index (χ2n) is 7.23. The molecule has 3 rings (SSSR count). The lowest BCUT2D eigenvalue weighted by Crippen LogP contribution is -2.46. The zero-order valence-corrected chi connectivity index (χ0v) is 16.9. The van der Waals surface area contributed by atoms with Gasteiger partial charge in [-0.1, -0.05) is 0 Å². The predicted octanol–water partition coefficient (Wildman–Crippen LogP) is 0.447. The third-order valence-corrected chi connectivity index (χ3v) is 4.88. The summed E-state index contributed by atoms with van der Waals surface area (Å²) in [6, 6.07) is 3.03. The van der Waals surface area contributed by atoms with Crippen LogP contribution >= 0.6 is 0 Å². The number of phenolic OH excluding ortho intramolecular Hbond substituents is 6. The van der Waals surface area contributed by atoms with E-state index in [9.17, 15) is 55.2 Å². The Morgan fingerprint density at radius 1 is 0.735 bits per heavy atom. The van der Waals surface area contributed by atoms with Gasteiger partial charge in [-0.15, -0.1) is 0 Å². The van der Waals surface area contributed by atoms with Gasteiger partial charge in [0.1, 0.15) is 12.2 Å². The van der Waals surface area contributed by atoms with Gasteiger partial charge in [-0.25, -0.2) is 14.4 Å². The molecule has 34 heavy (non-hydrogen) atoms. The van der Waals surface area contributed by atoms with Crippen molar-refractivity contribution in [1.29, 1.82) is 0 Å². The van der Waals surface area contributed by atoms with E-state index in [0.29, 0.717) is 0 Å². The summed E-state index contributed by atoms with van der Waals surface area (Å²) >= 11 is 0. The lowest BCUT2D eigenvalue weighted by molar-refractivity contribution is -0.134. The number of aromatic hydroxyl groups is 6. The minimum absolute atomic E-state index is 0.367. The number of rotatable bonds is 5. The molecule has 3 atom stereocenters. The molecule has 3 unspecified atom stereocenters. The van der Waals surface area contributed by atoms with Gasteiger partial charge in [0.2, 0.25) is 0 Å². The van der Waals surface area contributed by atoms with Crippen molar-refractivity contribution < 1.29 is 64.7 Å². The molecule has 0 aromatic heterocycles. The van der Waals surface area contributed by atoms with E-state index in [2.05, 4.69) is 0 Å². The Balaban J connectivity index is 1.89. The Morgan fingerprint density at radius 3 is 1.56 bits per heavy atom. The Hall–Kier alpha value is -4.65. The molecule has 180 valence electrons. The normalized spacial score (nSPS) is 19.7. The molecule has 0 saturated carbocycles. The monoisotopic (exact) mass is 478 g/mol. The molecule has 2 aromatic carbocycles. The summed E-state index contributed by atoms with van der Waals surface area (Å²) in [6.45, 7) is 0. The first-order valence-corrected chi connectivity index (χ1v) is 9.43. The van der Waals surface area contributed by atoms with Crippen LogP contribution in [-0.2, 0) is 14.3 Å². The van der Waals surface area contributed by atoms with Crippen molar-refractivity contribution in [2.75, 3.05) is 0 Å². The summed E-state index contributed by atoms with van der Waals surface area (Å²) in [5.41, 5.74) is -1.27. The first-order valence-electron chi connectivity index (χ1n) is 9.43. The van der Waals surface area contributed by atoms with Crippen LogP contribution in [0, 0.1) is 0 Å². The van der Waals surface area contributed by atoms with Crippen molar-refractivity contribution in [3.05, 3.63) is 47.0 Å². The van der Waals surface area contributed by atoms with Crippen molar-refractivity contribution in [3.63, 3.8) is 0 Å². The summed E-state index contributed by atoms with van der Waals surface area (Å²) < 4.78 is 10.3. The van der Waals surface area contributed by atoms with Crippen LogP contribution in [0.3, 0.4) is 0 Å². The van der Waals surface area contributed by atoms with Crippen LogP contribution < -0.4 is 0 Å². The zero-order valence-electron chi connectivity index (χ0n) is 16.9. The fourth-order valence-electron chi connectivity index (χ4n) is 3.18. The number of carboxylic acid groups (broad SMARTS) is 1. The topological polar surface area (TPSA) is 232 Å². The van der Waals surface area contributed by atoms with Crippen LogP contribution in [0.25, 0.3) is 0 Å². The summed E-state index contributed by atoms with van der Waals surface area (Å²) in [7, 11) is 0. The zero-order chi connectivity index (χ0) is 25.3. The highest BCUT2D eigenvalue weighted by Crippen LogP contribution is 2.37. The number of aliphatic carboxylic acids is 1. The Bertz CT molecular complexity index is 1150. The maximum atomic E-state index is 12.5. The van der Waals surface area contributed by atoms with Gasteiger partial charge >= 0.3 is 17.9 Å². The van der Waals surface area contributed by atoms with Gasteiger partial charge in [0.15, 0.2) is 40.6 Å². The Morgan fingerprint density at radius 2 is 1.15 bits per heavy atom. The van der Waals surface area contributed by atoms with E-state index in [-0.39, 0.29) is 5.57 Å². The molecule has 0 saturated heterocycles. The van der Waals surface area contributed by atoms with Crippen LogP contribution in [0.1, 0.15) is 27.1 Å². The molecule has 2 aromatic rings. The van der Waals surface area contributed by atoms with Crippen LogP contribution in [-0.4, -0.2) is 77.1 Å². The maximum absolute atomic E-state index is 12.5. The first-order chi connectivity index (χ1) is 15.9. The van der Waals surface area contributed by atoms with Gasteiger partial charge in [-0.2, -0.15) is 0 Å². The van der Waals surface area contributed by atoms with Crippen LogP contribution in [0.5, 0.6) is 34.5 Å². The minimum Gasteiger partial charge on any atom is -0.504 e. The van der Waals surface area contributed by atoms with E-state index in [1.165, 1.54) is 0 Å². The van der Waals surface area contributed by atoms with Crippen molar-refractivity contribution >= 4 is 17.9 Å². The Labute approximate surface area is 189 Å². The van der Waals surface area contributed by atoms with E-state index in [1.54, 1.807) is 0 Å². The molecule has 1 aliphatic rings. The average molecular weight is 478 g/mol. The van der Waals surface area contributed by atoms with E-state index in [4.69, 9.17) is 9.47 Å². The van der Waals surface area contributed by atoms with E-state index in [0.717, 1.165) is 30.3 Å². The van der Waals surface area contributed by atoms with Gasteiger partial charge < -0.3 is 50.3 Å². The summed E-state index contributed by atoms with van der Waals surface area (Å²) in [4.78, 5) is 36.4. The predicted molar refractivity (Wildman–Crippen MR) is 108 cm³/mol. The molecule has 0 aliphatic heterocycles.